The topological polar surface area (TPSA) is 85.2 Å². The largest absolute Gasteiger partial charge is 0.444 e. The standard InChI is InChI=1S/C12H22N6O2/c1-12(2,3)20-11(19)18-7-5-9(6-8-18)13-10-14-16-17(4)15-10/h9H,5-8H2,1-4H3,(H,13,15). The van der Waals surface area contributed by atoms with Crippen LogP contribution in [0.4, 0.5) is 10.7 Å². The molecule has 8 nitrogen and oxygen atoms in total. The van der Waals surface area contributed by atoms with E-state index in [1.807, 2.05) is 20.8 Å². The van der Waals surface area contributed by atoms with Crippen LogP contribution in [0.15, 0.2) is 0 Å². The molecule has 0 aromatic carbocycles. The summed E-state index contributed by atoms with van der Waals surface area (Å²) in [5.74, 6) is 0.531. The third kappa shape index (κ3) is 4.07. The first-order valence-corrected chi connectivity index (χ1v) is 6.82. The van der Waals surface area contributed by atoms with E-state index in [0.717, 1.165) is 12.8 Å². The second-order valence-electron chi connectivity index (χ2n) is 5.99. The normalized spacial score (nSPS) is 17.1. The molecule has 20 heavy (non-hydrogen) atoms. The van der Waals surface area contributed by atoms with Crippen molar-refractivity contribution in [2.75, 3.05) is 18.4 Å². The second-order valence-corrected chi connectivity index (χ2v) is 5.99. The van der Waals surface area contributed by atoms with Gasteiger partial charge in [0.25, 0.3) is 5.95 Å². The Balaban J connectivity index is 1.79. The molecular formula is C12H22N6O2. The van der Waals surface area contributed by atoms with Gasteiger partial charge in [0.2, 0.25) is 0 Å². The molecule has 8 heteroatoms. The van der Waals surface area contributed by atoms with Crippen molar-refractivity contribution in [3.63, 3.8) is 0 Å². The van der Waals surface area contributed by atoms with Crippen LogP contribution in [0.25, 0.3) is 0 Å². The molecule has 0 aliphatic carbocycles. The first-order chi connectivity index (χ1) is 9.33. The maximum atomic E-state index is 11.9. The average Bonchev–Trinajstić information content (AvgIpc) is 2.73. The minimum Gasteiger partial charge on any atom is -0.444 e. The van der Waals surface area contributed by atoms with E-state index in [0.29, 0.717) is 19.0 Å². The number of piperidine rings is 1. The van der Waals surface area contributed by atoms with E-state index >= 15 is 0 Å². The summed E-state index contributed by atoms with van der Waals surface area (Å²) >= 11 is 0. The van der Waals surface area contributed by atoms with Gasteiger partial charge in [0.1, 0.15) is 5.60 Å². The Morgan fingerprint density at radius 2 is 2.00 bits per heavy atom. The minimum atomic E-state index is -0.449. The minimum absolute atomic E-state index is 0.242. The summed E-state index contributed by atoms with van der Waals surface area (Å²) in [6.45, 7) is 6.97. The summed E-state index contributed by atoms with van der Waals surface area (Å²) < 4.78 is 5.36. The molecule has 1 aliphatic rings. The molecule has 0 bridgehead atoms. The summed E-state index contributed by atoms with van der Waals surface area (Å²) in [6, 6.07) is 0.262. The number of anilines is 1. The smallest absolute Gasteiger partial charge is 0.410 e. The van der Waals surface area contributed by atoms with Crippen molar-refractivity contribution < 1.29 is 9.53 Å². The number of carbonyl (C=O) groups is 1. The Labute approximate surface area is 118 Å². The van der Waals surface area contributed by atoms with Gasteiger partial charge in [-0.15, -0.1) is 5.10 Å². The lowest BCUT2D eigenvalue weighted by atomic mass is 10.1. The molecule has 112 valence electrons. The summed E-state index contributed by atoms with van der Waals surface area (Å²) in [4.78, 5) is 15.1. The number of rotatable bonds is 2. The highest BCUT2D eigenvalue weighted by molar-refractivity contribution is 5.68. The van der Waals surface area contributed by atoms with E-state index in [1.54, 1.807) is 11.9 Å². The number of carbonyl (C=O) groups excluding carboxylic acids is 1. The monoisotopic (exact) mass is 282 g/mol. The number of likely N-dealkylation sites (tertiary alicyclic amines) is 1. The second kappa shape index (κ2) is 5.64. The number of hydrogen-bond acceptors (Lipinski definition) is 6. The SMILES string of the molecule is Cn1nnc(NC2CCN(C(=O)OC(C)(C)C)CC2)n1. The highest BCUT2D eigenvalue weighted by Gasteiger charge is 2.27. The van der Waals surface area contributed by atoms with Gasteiger partial charge in [0.05, 0.1) is 7.05 Å². The molecule has 0 saturated carbocycles. The molecule has 0 unspecified atom stereocenters. The maximum Gasteiger partial charge on any atom is 0.410 e. The van der Waals surface area contributed by atoms with E-state index in [1.165, 1.54) is 4.80 Å². The molecule has 0 atom stereocenters. The van der Waals surface area contributed by atoms with Crippen LogP contribution in [-0.2, 0) is 11.8 Å². The van der Waals surface area contributed by atoms with E-state index in [4.69, 9.17) is 4.74 Å². The lowest BCUT2D eigenvalue weighted by Crippen LogP contribution is -2.44. The van der Waals surface area contributed by atoms with Gasteiger partial charge in [-0.2, -0.15) is 4.80 Å². The Bertz CT molecular complexity index is 459. The molecule has 1 amide bonds. The number of hydrogen-bond donors (Lipinski definition) is 1. The Kier molecular flexibility index (Phi) is 4.10. The van der Waals surface area contributed by atoms with Crippen LogP contribution in [0.1, 0.15) is 33.6 Å². The third-order valence-corrected chi connectivity index (χ3v) is 2.99. The lowest BCUT2D eigenvalue weighted by molar-refractivity contribution is 0.0210. The van der Waals surface area contributed by atoms with Crippen molar-refractivity contribution in [1.29, 1.82) is 0 Å². The number of aromatic nitrogens is 4. The van der Waals surface area contributed by atoms with Crippen LogP contribution in [0.5, 0.6) is 0 Å². The first kappa shape index (κ1) is 14.5. The van der Waals surface area contributed by atoms with Crippen LogP contribution in [0.3, 0.4) is 0 Å². The van der Waals surface area contributed by atoms with Gasteiger partial charge in [0, 0.05) is 19.1 Å². The fraction of sp³-hybridized carbons (Fsp3) is 0.833. The van der Waals surface area contributed by atoms with Crippen LogP contribution < -0.4 is 5.32 Å². The van der Waals surface area contributed by atoms with Crippen molar-refractivity contribution in [2.45, 2.75) is 45.3 Å². The summed E-state index contributed by atoms with van der Waals surface area (Å²) in [5, 5.41) is 15.0. The van der Waals surface area contributed by atoms with E-state index in [9.17, 15) is 4.79 Å². The number of amides is 1. The third-order valence-electron chi connectivity index (χ3n) is 2.99. The zero-order valence-electron chi connectivity index (χ0n) is 12.5. The van der Waals surface area contributed by atoms with Gasteiger partial charge in [-0.25, -0.2) is 4.79 Å². The summed E-state index contributed by atoms with van der Waals surface area (Å²) in [6.07, 6.45) is 1.45. The highest BCUT2D eigenvalue weighted by atomic mass is 16.6. The predicted octanol–water partition coefficient (Wildman–Crippen LogP) is 1.02. The predicted molar refractivity (Wildman–Crippen MR) is 73.2 cm³/mol. The molecular weight excluding hydrogens is 260 g/mol. The zero-order chi connectivity index (χ0) is 14.8. The van der Waals surface area contributed by atoms with Crippen LogP contribution in [-0.4, -0.2) is 55.9 Å². The molecule has 1 aromatic heterocycles. The summed E-state index contributed by atoms with van der Waals surface area (Å²) in [7, 11) is 1.73. The molecule has 0 radical (unpaired) electrons. The molecule has 1 aliphatic heterocycles. The van der Waals surface area contributed by atoms with Gasteiger partial charge in [0.15, 0.2) is 0 Å². The van der Waals surface area contributed by atoms with Gasteiger partial charge < -0.3 is 15.0 Å². The molecule has 1 fully saturated rings. The number of ether oxygens (including phenoxy) is 1. The average molecular weight is 282 g/mol. The van der Waals surface area contributed by atoms with E-state index < -0.39 is 5.60 Å². The van der Waals surface area contributed by atoms with E-state index in [-0.39, 0.29) is 12.1 Å². The molecule has 2 rings (SSSR count). The van der Waals surface area contributed by atoms with Crippen molar-refractivity contribution >= 4 is 12.0 Å². The highest BCUT2D eigenvalue weighted by Crippen LogP contribution is 2.17. The molecule has 1 aromatic rings. The Hall–Kier alpha value is -1.86. The molecule has 2 heterocycles. The summed E-state index contributed by atoms with van der Waals surface area (Å²) in [5.41, 5.74) is -0.449. The maximum absolute atomic E-state index is 11.9. The van der Waals surface area contributed by atoms with Crippen LogP contribution in [0, 0.1) is 0 Å². The van der Waals surface area contributed by atoms with Crippen molar-refractivity contribution in [3.05, 3.63) is 0 Å². The van der Waals surface area contributed by atoms with Gasteiger partial charge >= 0.3 is 6.09 Å². The van der Waals surface area contributed by atoms with Gasteiger partial charge in [-0.1, -0.05) is 5.10 Å². The van der Waals surface area contributed by atoms with E-state index in [2.05, 4.69) is 20.7 Å². The first-order valence-electron chi connectivity index (χ1n) is 6.82. The molecule has 1 saturated heterocycles. The molecule has 0 spiro atoms. The van der Waals surface area contributed by atoms with Gasteiger partial charge in [-0.05, 0) is 38.8 Å². The van der Waals surface area contributed by atoms with Crippen molar-refractivity contribution in [1.82, 2.24) is 25.1 Å². The number of aryl methyl sites for hydroxylation is 1. The van der Waals surface area contributed by atoms with Crippen LogP contribution >= 0.6 is 0 Å². The quantitative estimate of drug-likeness (QED) is 0.871. The Morgan fingerprint density at radius 3 is 2.50 bits per heavy atom. The fourth-order valence-electron chi connectivity index (χ4n) is 2.06. The number of tetrazole rings is 1. The zero-order valence-corrected chi connectivity index (χ0v) is 12.5. The molecule has 1 N–H and O–H groups in total. The van der Waals surface area contributed by atoms with Gasteiger partial charge in [-0.3, -0.25) is 0 Å². The Morgan fingerprint density at radius 1 is 1.35 bits per heavy atom. The van der Waals surface area contributed by atoms with Crippen molar-refractivity contribution in [2.24, 2.45) is 7.05 Å². The van der Waals surface area contributed by atoms with Crippen LogP contribution in [0.2, 0.25) is 0 Å². The van der Waals surface area contributed by atoms with Crippen molar-refractivity contribution in [3.8, 4) is 0 Å². The number of nitrogens with zero attached hydrogens (tertiary/aromatic N) is 5. The number of nitrogens with one attached hydrogen (secondary N) is 1. The lowest BCUT2D eigenvalue weighted by Gasteiger charge is -2.33. The fourth-order valence-corrected chi connectivity index (χ4v) is 2.06.